The van der Waals surface area contributed by atoms with Gasteiger partial charge in [0, 0.05) is 42.3 Å². The van der Waals surface area contributed by atoms with Crippen molar-refractivity contribution in [3.63, 3.8) is 0 Å². The van der Waals surface area contributed by atoms with Gasteiger partial charge < -0.3 is 23.8 Å². The van der Waals surface area contributed by atoms with Gasteiger partial charge >= 0.3 is 0 Å². The number of benzene rings is 2. The van der Waals surface area contributed by atoms with Crippen LogP contribution in [0, 0.1) is 17.8 Å². The Hall–Kier alpha value is -3.91. The van der Waals surface area contributed by atoms with E-state index in [1.165, 1.54) is 29.1 Å². The molecule has 2 aliphatic carbocycles. The van der Waals surface area contributed by atoms with Crippen LogP contribution in [0.5, 0.6) is 11.6 Å². The van der Waals surface area contributed by atoms with Crippen molar-refractivity contribution in [2.75, 3.05) is 50.7 Å². The Morgan fingerprint density at radius 1 is 1.13 bits per heavy atom. The predicted molar refractivity (Wildman–Crippen MR) is 201 cm³/mol. The van der Waals surface area contributed by atoms with Crippen LogP contribution < -0.4 is 19.1 Å². The van der Waals surface area contributed by atoms with Gasteiger partial charge in [0.05, 0.1) is 44.5 Å². The molecule has 12 nitrogen and oxygen atoms in total. The summed E-state index contributed by atoms with van der Waals surface area (Å²) in [6, 6.07) is 11.5. The minimum absolute atomic E-state index is 0.0718. The van der Waals surface area contributed by atoms with Crippen LogP contribution in [0.4, 0.5) is 5.69 Å². The maximum Gasteiger partial charge on any atom is 0.286 e. The minimum atomic E-state index is -3.66. The standard InChI is InChI=1S/C39H46ClN5O7S/c1-24-6-12-34-35(51-16-15-50-34)29-10-7-27(29)19-45-22-39(14-4-5-25-17-28(40)9-11-31(25)39)23-52-33-13-8-26(18-32(33)45)36(46)42-53(48,21-24)43-37(47)30-20-44(2)41-38(30)49-3/h6,8-9,11-13,17-18,20,24,27,29,34-35H,4-5,7,10,14-16,19,21-23H2,1-3H3,(H,42,43,46,47,48)/b12-6-/t24-,27-,29+,34+,35+,39-,53-/m0/s1. The second kappa shape index (κ2) is 14.4. The lowest BCUT2D eigenvalue weighted by molar-refractivity contribution is -0.163. The number of aromatic nitrogens is 2. The first kappa shape index (κ1) is 36.1. The number of carbonyl (C=O) groups excluding carboxylic acids is 2. The molecule has 1 saturated carbocycles. The zero-order valence-corrected chi connectivity index (χ0v) is 31.9. The lowest BCUT2D eigenvalue weighted by atomic mass is 9.67. The number of allylic oxidation sites excluding steroid dienone is 1. The predicted octanol–water partition coefficient (Wildman–Crippen LogP) is 5.52. The van der Waals surface area contributed by atoms with E-state index in [2.05, 4.69) is 31.2 Å². The summed E-state index contributed by atoms with van der Waals surface area (Å²) in [6.07, 6.45) is 9.98. The molecule has 7 atom stereocenters. The highest BCUT2D eigenvalue weighted by atomic mass is 35.5. The lowest BCUT2D eigenvalue weighted by Crippen LogP contribution is -2.53. The molecule has 2 fully saturated rings. The number of hydrogen-bond donors (Lipinski definition) is 1. The van der Waals surface area contributed by atoms with E-state index >= 15 is 0 Å². The number of aryl methyl sites for hydroxylation is 2. The van der Waals surface area contributed by atoms with Crippen LogP contribution in [-0.2, 0) is 38.3 Å². The van der Waals surface area contributed by atoms with Gasteiger partial charge in [-0.2, -0.15) is 0 Å². The molecule has 2 bridgehead atoms. The molecular formula is C39H46ClN5O7S. The number of ether oxygens (including phenoxy) is 4. The molecule has 8 rings (SSSR count). The first-order valence-corrected chi connectivity index (χ1v) is 20.5. The monoisotopic (exact) mass is 763 g/mol. The van der Waals surface area contributed by atoms with Gasteiger partial charge in [-0.15, -0.1) is 9.46 Å². The number of rotatable bonds is 3. The van der Waals surface area contributed by atoms with Crippen LogP contribution in [-0.4, -0.2) is 83.8 Å². The maximum atomic E-state index is 14.7. The van der Waals surface area contributed by atoms with Crippen LogP contribution >= 0.6 is 11.6 Å². The van der Waals surface area contributed by atoms with Crippen molar-refractivity contribution in [2.45, 2.75) is 56.7 Å². The molecule has 4 heterocycles. The topological polar surface area (TPSA) is 134 Å². The number of fused-ring (bicyclic) bond motifs is 6. The zero-order valence-electron chi connectivity index (χ0n) is 30.3. The summed E-state index contributed by atoms with van der Waals surface area (Å²) in [6.45, 7) is 4.80. The fourth-order valence-electron chi connectivity index (χ4n) is 8.85. The highest BCUT2D eigenvalue weighted by Gasteiger charge is 2.46. The molecule has 5 aliphatic rings. The number of nitrogens with one attached hydrogen (secondary N) is 1. The van der Waals surface area contributed by atoms with E-state index in [1.807, 2.05) is 37.3 Å². The molecule has 2 amide bonds. The Kier molecular flexibility index (Phi) is 9.80. The Morgan fingerprint density at radius 3 is 2.79 bits per heavy atom. The van der Waals surface area contributed by atoms with E-state index in [-0.39, 0.29) is 52.2 Å². The summed E-state index contributed by atoms with van der Waals surface area (Å²) in [7, 11) is -0.610. The van der Waals surface area contributed by atoms with E-state index in [1.54, 1.807) is 13.1 Å². The number of amides is 2. The van der Waals surface area contributed by atoms with Gasteiger partial charge in [0.1, 0.15) is 27.3 Å². The molecule has 0 unspecified atom stereocenters. The van der Waals surface area contributed by atoms with E-state index in [0.717, 1.165) is 49.4 Å². The second-order valence-electron chi connectivity index (χ2n) is 15.2. The normalized spacial score (nSPS) is 31.7. The number of hydrogen-bond acceptors (Lipinski definition) is 9. The first-order chi connectivity index (χ1) is 25.5. The summed E-state index contributed by atoms with van der Waals surface area (Å²) < 4.78 is 47.7. The molecule has 0 radical (unpaired) electrons. The van der Waals surface area contributed by atoms with E-state index in [9.17, 15) is 13.8 Å². The molecule has 3 aromatic rings. The van der Waals surface area contributed by atoms with Crippen molar-refractivity contribution in [3.05, 3.63) is 82.0 Å². The third-order valence-electron chi connectivity index (χ3n) is 11.5. The highest BCUT2D eigenvalue weighted by molar-refractivity contribution is 7.92. The Labute approximate surface area is 315 Å². The third-order valence-corrected chi connectivity index (χ3v) is 13.7. The van der Waals surface area contributed by atoms with Gasteiger partial charge in [-0.25, -0.2) is 4.21 Å². The van der Waals surface area contributed by atoms with E-state index < -0.39 is 21.7 Å². The van der Waals surface area contributed by atoms with Gasteiger partial charge in [0.25, 0.3) is 11.8 Å². The first-order valence-electron chi connectivity index (χ1n) is 18.4. The van der Waals surface area contributed by atoms with Gasteiger partial charge in [-0.1, -0.05) is 36.7 Å². The summed E-state index contributed by atoms with van der Waals surface area (Å²) in [5.74, 6) is -0.492. The van der Waals surface area contributed by atoms with Crippen molar-refractivity contribution in [3.8, 4) is 11.6 Å². The quantitative estimate of drug-likeness (QED) is 0.342. The average molecular weight is 764 g/mol. The van der Waals surface area contributed by atoms with Crippen LogP contribution in [0.1, 0.15) is 64.4 Å². The van der Waals surface area contributed by atoms with Crippen molar-refractivity contribution < 1.29 is 32.7 Å². The molecule has 3 aliphatic heterocycles. The maximum absolute atomic E-state index is 14.7. The fourth-order valence-corrected chi connectivity index (χ4v) is 10.8. The smallest absolute Gasteiger partial charge is 0.286 e. The molecule has 282 valence electrons. The zero-order chi connectivity index (χ0) is 36.9. The summed E-state index contributed by atoms with van der Waals surface area (Å²) in [5, 5.41) is 4.88. The van der Waals surface area contributed by atoms with Gasteiger partial charge in [-0.05, 0) is 91.3 Å². The van der Waals surface area contributed by atoms with Gasteiger partial charge in [0.2, 0.25) is 5.88 Å². The van der Waals surface area contributed by atoms with E-state index in [4.69, 9.17) is 30.5 Å². The lowest BCUT2D eigenvalue weighted by Gasteiger charge is -2.48. The summed E-state index contributed by atoms with van der Waals surface area (Å²) in [4.78, 5) is 30.0. The van der Waals surface area contributed by atoms with Crippen molar-refractivity contribution >= 4 is 39.0 Å². The Bertz CT molecular complexity index is 2080. The van der Waals surface area contributed by atoms with Crippen molar-refractivity contribution in [1.29, 1.82) is 0 Å². The van der Waals surface area contributed by atoms with Crippen LogP contribution in [0.25, 0.3) is 0 Å². The molecule has 1 aromatic heterocycles. The fraction of sp³-hybridized carbons (Fsp3) is 0.513. The molecule has 1 spiro atoms. The number of halogens is 1. The number of methoxy groups -OCH3 is 1. The second-order valence-corrected chi connectivity index (χ2v) is 17.6. The SMILES string of the molecule is COc1nn(C)cc1C(=O)N[S@@]1(=O)=NC(=O)c2ccc3c(c2)N(C[C@@H]2CC[C@H]2[C@H]2OCCO[C@@H]2/C=C\[C@H](C)C1)C[C@@]1(CCCc2cc(Cl)ccc21)CO3. The van der Waals surface area contributed by atoms with Crippen molar-refractivity contribution in [1.82, 2.24) is 14.5 Å². The number of carbonyl (C=O) groups is 2. The molecule has 1 N–H and O–H groups in total. The Morgan fingerprint density at radius 2 is 1.98 bits per heavy atom. The molecule has 53 heavy (non-hydrogen) atoms. The van der Waals surface area contributed by atoms with Crippen molar-refractivity contribution in [2.24, 2.45) is 29.2 Å². The largest absolute Gasteiger partial charge is 0.490 e. The summed E-state index contributed by atoms with van der Waals surface area (Å²) in [5.41, 5.74) is 3.36. The van der Waals surface area contributed by atoms with Crippen LogP contribution in [0.3, 0.4) is 0 Å². The van der Waals surface area contributed by atoms with Crippen LogP contribution in [0.15, 0.2) is 59.1 Å². The van der Waals surface area contributed by atoms with Gasteiger partial charge in [-0.3, -0.25) is 19.0 Å². The molecular weight excluding hydrogens is 718 g/mol. The molecule has 14 heteroatoms. The summed E-state index contributed by atoms with van der Waals surface area (Å²) >= 11 is 6.47. The third kappa shape index (κ3) is 7.08. The van der Waals surface area contributed by atoms with Gasteiger partial charge in [0.15, 0.2) is 0 Å². The molecule has 2 aromatic carbocycles. The Balaban J connectivity index is 1.22. The molecule has 1 saturated heterocycles. The minimum Gasteiger partial charge on any atom is -0.490 e. The highest BCUT2D eigenvalue weighted by Crippen LogP contribution is 2.47. The number of anilines is 1. The van der Waals surface area contributed by atoms with E-state index in [0.29, 0.717) is 38.0 Å². The number of nitrogens with zero attached hydrogens (tertiary/aromatic N) is 4. The van der Waals surface area contributed by atoms with Crippen LogP contribution in [0.2, 0.25) is 5.02 Å². The average Bonchev–Trinajstić information content (AvgIpc) is 3.44.